The van der Waals surface area contributed by atoms with Crippen LogP contribution in [-0.2, 0) is 4.74 Å². The van der Waals surface area contributed by atoms with Gasteiger partial charge in [0.2, 0.25) is 0 Å². The number of benzene rings is 1. The number of hydrogen-bond acceptors (Lipinski definition) is 3. The minimum absolute atomic E-state index is 0.357. The Kier molecular flexibility index (Phi) is 4.41. The van der Waals surface area contributed by atoms with Crippen LogP contribution in [0.4, 0.5) is 4.39 Å². The molecular weight excluding hydrogens is 209 g/mol. The molecule has 16 heavy (non-hydrogen) atoms. The molecule has 0 saturated heterocycles. The van der Waals surface area contributed by atoms with E-state index < -0.39 is 18.3 Å². The Morgan fingerprint density at radius 3 is 2.31 bits per heavy atom. The van der Waals surface area contributed by atoms with Gasteiger partial charge in [-0.05, 0) is 31.5 Å². The maximum absolute atomic E-state index is 12.7. The van der Waals surface area contributed by atoms with E-state index in [1.54, 1.807) is 13.8 Å². The number of aliphatic hydroxyl groups is 1. The van der Waals surface area contributed by atoms with Crippen LogP contribution < -0.4 is 0 Å². The maximum atomic E-state index is 12.7. The zero-order chi connectivity index (χ0) is 12.1. The van der Waals surface area contributed by atoms with Gasteiger partial charge in [-0.2, -0.15) is 5.26 Å². The lowest BCUT2D eigenvalue weighted by Crippen LogP contribution is -2.24. The van der Waals surface area contributed by atoms with Crippen LogP contribution in [0.1, 0.15) is 25.5 Å². The molecule has 1 rings (SSSR count). The Bertz CT molecular complexity index is 370. The number of rotatable bonds is 4. The SMILES string of the molecule is CC(O)C(C)OC(C#N)c1ccc(F)cc1. The predicted molar refractivity (Wildman–Crippen MR) is 57.0 cm³/mol. The smallest absolute Gasteiger partial charge is 0.169 e. The van der Waals surface area contributed by atoms with Gasteiger partial charge in [0.05, 0.1) is 18.3 Å². The van der Waals surface area contributed by atoms with E-state index >= 15 is 0 Å². The molecule has 0 fully saturated rings. The molecule has 0 radical (unpaired) electrons. The fourth-order valence-electron chi connectivity index (χ4n) is 1.15. The number of nitrogens with zero attached hydrogens (tertiary/aromatic N) is 1. The second-order valence-electron chi connectivity index (χ2n) is 3.64. The molecule has 0 aromatic heterocycles. The van der Waals surface area contributed by atoms with Crippen molar-refractivity contribution in [3.8, 4) is 6.07 Å². The van der Waals surface area contributed by atoms with Gasteiger partial charge in [0.1, 0.15) is 5.82 Å². The first-order chi connectivity index (χ1) is 7.54. The third kappa shape index (κ3) is 3.30. The molecule has 0 aliphatic carbocycles. The van der Waals surface area contributed by atoms with Gasteiger partial charge in [0, 0.05) is 0 Å². The Balaban J connectivity index is 2.76. The third-order valence-corrected chi connectivity index (χ3v) is 2.32. The molecule has 1 aromatic carbocycles. The first kappa shape index (κ1) is 12.6. The molecule has 3 atom stereocenters. The summed E-state index contributed by atoms with van der Waals surface area (Å²) < 4.78 is 18.0. The lowest BCUT2D eigenvalue weighted by Gasteiger charge is -2.19. The summed E-state index contributed by atoms with van der Waals surface area (Å²) in [5.74, 6) is -0.357. The molecule has 1 N–H and O–H groups in total. The Labute approximate surface area is 94.1 Å². The van der Waals surface area contributed by atoms with E-state index in [2.05, 4.69) is 0 Å². The second kappa shape index (κ2) is 5.59. The summed E-state index contributed by atoms with van der Waals surface area (Å²) in [6, 6.07) is 7.51. The van der Waals surface area contributed by atoms with Gasteiger partial charge in [-0.15, -0.1) is 0 Å². The van der Waals surface area contributed by atoms with E-state index in [0.29, 0.717) is 5.56 Å². The molecule has 3 nitrogen and oxygen atoms in total. The number of ether oxygens (including phenoxy) is 1. The van der Waals surface area contributed by atoms with Crippen molar-refractivity contribution >= 4 is 0 Å². The van der Waals surface area contributed by atoms with Crippen molar-refractivity contribution in [1.82, 2.24) is 0 Å². The van der Waals surface area contributed by atoms with Crippen LogP contribution >= 0.6 is 0 Å². The van der Waals surface area contributed by atoms with E-state index in [9.17, 15) is 9.50 Å². The number of hydrogen-bond donors (Lipinski definition) is 1. The Morgan fingerprint density at radius 1 is 1.31 bits per heavy atom. The summed E-state index contributed by atoms with van der Waals surface area (Å²) in [7, 11) is 0. The molecule has 0 heterocycles. The Hall–Kier alpha value is -1.44. The molecule has 0 amide bonds. The summed E-state index contributed by atoms with van der Waals surface area (Å²) in [6.07, 6.45) is -1.89. The molecule has 4 heteroatoms. The highest BCUT2D eigenvalue weighted by Gasteiger charge is 2.17. The highest BCUT2D eigenvalue weighted by molar-refractivity contribution is 5.22. The predicted octanol–water partition coefficient (Wildman–Crippen LogP) is 2.18. The van der Waals surface area contributed by atoms with Crippen molar-refractivity contribution in [2.24, 2.45) is 0 Å². The standard InChI is InChI=1S/C12H14FNO2/c1-8(15)9(2)16-12(7-14)10-3-5-11(13)6-4-10/h3-6,8-9,12,15H,1-2H3. The summed E-state index contributed by atoms with van der Waals surface area (Å²) >= 11 is 0. The molecule has 0 aliphatic heterocycles. The van der Waals surface area contributed by atoms with E-state index in [4.69, 9.17) is 10.00 Å². The zero-order valence-corrected chi connectivity index (χ0v) is 9.22. The fraction of sp³-hybridized carbons (Fsp3) is 0.417. The lowest BCUT2D eigenvalue weighted by atomic mass is 10.1. The minimum Gasteiger partial charge on any atom is -0.391 e. The molecule has 0 saturated carbocycles. The van der Waals surface area contributed by atoms with Crippen molar-refractivity contribution in [2.75, 3.05) is 0 Å². The largest absolute Gasteiger partial charge is 0.391 e. The maximum Gasteiger partial charge on any atom is 0.169 e. The molecule has 86 valence electrons. The summed E-state index contributed by atoms with van der Waals surface area (Å²) in [6.45, 7) is 3.27. The van der Waals surface area contributed by atoms with Crippen LogP contribution in [-0.4, -0.2) is 17.3 Å². The fourth-order valence-corrected chi connectivity index (χ4v) is 1.15. The first-order valence-corrected chi connectivity index (χ1v) is 5.03. The van der Waals surface area contributed by atoms with Crippen LogP contribution in [0.3, 0.4) is 0 Å². The zero-order valence-electron chi connectivity index (χ0n) is 9.22. The number of aliphatic hydroxyl groups excluding tert-OH is 1. The molecule has 0 aliphatic rings. The Morgan fingerprint density at radius 2 is 1.88 bits per heavy atom. The van der Waals surface area contributed by atoms with Crippen LogP contribution in [0.2, 0.25) is 0 Å². The van der Waals surface area contributed by atoms with Crippen molar-refractivity contribution in [3.63, 3.8) is 0 Å². The topological polar surface area (TPSA) is 53.2 Å². The van der Waals surface area contributed by atoms with Crippen molar-refractivity contribution < 1.29 is 14.2 Å². The lowest BCUT2D eigenvalue weighted by molar-refractivity contribution is -0.0426. The summed E-state index contributed by atoms with van der Waals surface area (Å²) in [5, 5.41) is 18.2. The number of nitriles is 1. The van der Waals surface area contributed by atoms with E-state index in [-0.39, 0.29) is 5.82 Å². The molecule has 1 aromatic rings. The van der Waals surface area contributed by atoms with Gasteiger partial charge in [-0.3, -0.25) is 0 Å². The summed E-state index contributed by atoms with van der Waals surface area (Å²) in [5.41, 5.74) is 0.580. The van der Waals surface area contributed by atoms with E-state index in [1.165, 1.54) is 24.3 Å². The third-order valence-electron chi connectivity index (χ3n) is 2.32. The van der Waals surface area contributed by atoms with Gasteiger partial charge >= 0.3 is 0 Å². The average Bonchev–Trinajstić information content (AvgIpc) is 2.26. The second-order valence-corrected chi connectivity index (χ2v) is 3.64. The van der Waals surface area contributed by atoms with Crippen molar-refractivity contribution in [1.29, 1.82) is 5.26 Å². The molecule has 0 bridgehead atoms. The van der Waals surface area contributed by atoms with E-state index in [1.807, 2.05) is 6.07 Å². The van der Waals surface area contributed by atoms with Crippen LogP contribution in [0.15, 0.2) is 24.3 Å². The van der Waals surface area contributed by atoms with Gasteiger partial charge in [0.25, 0.3) is 0 Å². The molecular formula is C12H14FNO2. The molecule has 3 unspecified atom stereocenters. The van der Waals surface area contributed by atoms with Crippen LogP contribution in [0.5, 0.6) is 0 Å². The monoisotopic (exact) mass is 223 g/mol. The molecule has 0 spiro atoms. The minimum atomic E-state index is -0.787. The quantitative estimate of drug-likeness (QED) is 0.851. The van der Waals surface area contributed by atoms with Gasteiger partial charge in [0.15, 0.2) is 6.10 Å². The van der Waals surface area contributed by atoms with E-state index in [0.717, 1.165) is 0 Å². The van der Waals surface area contributed by atoms with Crippen molar-refractivity contribution in [3.05, 3.63) is 35.6 Å². The van der Waals surface area contributed by atoms with Gasteiger partial charge in [-0.25, -0.2) is 4.39 Å². The average molecular weight is 223 g/mol. The summed E-state index contributed by atoms with van der Waals surface area (Å²) in [4.78, 5) is 0. The van der Waals surface area contributed by atoms with Crippen LogP contribution in [0, 0.1) is 17.1 Å². The van der Waals surface area contributed by atoms with Gasteiger partial charge in [-0.1, -0.05) is 12.1 Å². The van der Waals surface area contributed by atoms with Gasteiger partial charge < -0.3 is 9.84 Å². The van der Waals surface area contributed by atoms with Crippen LogP contribution in [0.25, 0.3) is 0 Å². The first-order valence-electron chi connectivity index (χ1n) is 5.03. The number of halogens is 1. The normalized spacial score (nSPS) is 16.2. The highest BCUT2D eigenvalue weighted by atomic mass is 19.1. The van der Waals surface area contributed by atoms with Crippen molar-refractivity contribution in [2.45, 2.75) is 32.2 Å². The highest BCUT2D eigenvalue weighted by Crippen LogP contribution is 2.19.